The average molecular weight is 259 g/mol. The van der Waals surface area contributed by atoms with Gasteiger partial charge in [0.05, 0.1) is 17.2 Å². The molecule has 0 bridgehead atoms. The fraction of sp³-hybridized carbons (Fsp3) is 0.0769. The molecule has 1 aromatic carbocycles. The standard InChI is InChI=1S/C13H11ClN4/c1-18-12-7-16-3-2-11(12)17-13(18)8-4-9(14)6-10(15)5-8/h2-7H,15H2,1H3. The van der Waals surface area contributed by atoms with Crippen molar-refractivity contribution in [2.75, 3.05) is 5.73 Å². The molecule has 90 valence electrons. The zero-order chi connectivity index (χ0) is 12.7. The maximum absolute atomic E-state index is 6.02. The van der Waals surface area contributed by atoms with Gasteiger partial charge in [-0.1, -0.05) is 11.6 Å². The van der Waals surface area contributed by atoms with Crippen molar-refractivity contribution in [3.8, 4) is 11.4 Å². The average Bonchev–Trinajstić information content (AvgIpc) is 2.66. The molecule has 0 saturated carbocycles. The van der Waals surface area contributed by atoms with Crippen LogP contribution in [-0.2, 0) is 7.05 Å². The Morgan fingerprint density at radius 3 is 2.83 bits per heavy atom. The summed E-state index contributed by atoms with van der Waals surface area (Å²) in [5.74, 6) is 0.826. The second-order valence-electron chi connectivity index (χ2n) is 4.13. The molecule has 0 radical (unpaired) electrons. The molecule has 0 saturated heterocycles. The number of benzene rings is 1. The number of fused-ring (bicyclic) bond motifs is 1. The third-order valence-electron chi connectivity index (χ3n) is 2.86. The number of pyridine rings is 1. The number of nitrogen functional groups attached to an aromatic ring is 1. The first-order valence-corrected chi connectivity index (χ1v) is 5.86. The van der Waals surface area contributed by atoms with Crippen LogP contribution in [0.4, 0.5) is 5.69 Å². The van der Waals surface area contributed by atoms with E-state index in [1.807, 2.05) is 29.8 Å². The molecule has 0 unspecified atom stereocenters. The lowest BCUT2D eigenvalue weighted by Gasteiger charge is -2.04. The fourth-order valence-corrected chi connectivity index (χ4v) is 2.28. The van der Waals surface area contributed by atoms with Crippen LogP contribution >= 0.6 is 11.6 Å². The first kappa shape index (κ1) is 11.0. The van der Waals surface area contributed by atoms with E-state index >= 15 is 0 Å². The van der Waals surface area contributed by atoms with Gasteiger partial charge >= 0.3 is 0 Å². The molecule has 0 aliphatic heterocycles. The minimum atomic E-state index is 0.607. The zero-order valence-corrected chi connectivity index (χ0v) is 10.5. The summed E-state index contributed by atoms with van der Waals surface area (Å²) in [6, 6.07) is 7.31. The first-order chi connectivity index (χ1) is 8.65. The van der Waals surface area contributed by atoms with Crippen LogP contribution in [0.3, 0.4) is 0 Å². The molecule has 0 spiro atoms. The Balaban J connectivity index is 2.28. The van der Waals surface area contributed by atoms with Crippen molar-refractivity contribution in [1.82, 2.24) is 14.5 Å². The Kier molecular flexibility index (Phi) is 2.45. The van der Waals surface area contributed by atoms with Crippen molar-refractivity contribution in [3.63, 3.8) is 0 Å². The smallest absolute Gasteiger partial charge is 0.141 e. The Hall–Kier alpha value is -2.07. The van der Waals surface area contributed by atoms with Crippen LogP contribution in [0, 0.1) is 0 Å². The van der Waals surface area contributed by atoms with E-state index in [1.54, 1.807) is 18.5 Å². The molecule has 0 atom stereocenters. The van der Waals surface area contributed by atoms with Crippen molar-refractivity contribution < 1.29 is 0 Å². The van der Waals surface area contributed by atoms with Gasteiger partial charge in [0.15, 0.2) is 0 Å². The van der Waals surface area contributed by atoms with Gasteiger partial charge in [-0.2, -0.15) is 0 Å². The molecule has 3 rings (SSSR count). The van der Waals surface area contributed by atoms with Gasteiger partial charge in [0, 0.05) is 29.5 Å². The maximum atomic E-state index is 6.02. The zero-order valence-electron chi connectivity index (χ0n) is 9.76. The Labute approximate surface area is 109 Å². The lowest BCUT2D eigenvalue weighted by atomic mass is 10.2. The highest BCUT2D eigenvalue weighted by Gasteiger charge is 2.10. The lowest BCUT2D eigenvalue weighted by molar-refractivity contribution is 0.956. The number of nitrogens with zero attached hydrogens (tertiary/aromatic N) is 3. The molecule has 0 fully saturated rings. The van der Waals surface area contributed by atoms with Gasteiger partial charge in [-0.15, -0.1) is 0 Å². The molecule has 2 heterocycles. The number of imidazole rings is 1. The Morgan fingerprint density at radius 2 is 2.11 bits per heavy atom. The number of halogens is 1. The van der Waals surface area contributed by atoms with Crippen LogP contribution in [0.2, 0.25) is 5.02 Å². The van der Waals surface area contributed by atoms with Crippen LogP contribution in [-0.4, -0.2) is 14.5 Å². The molecule has 0 aliphatic carbocycles. The number of hydrogen-bond donors (Lipinski definition) is 1. The van der Waals surface area contributed by atoms with Gasteiger partial charge in [0.25, 0.3) is 0 Å². The highest BCUT2D eigenvalue weighted by Crippen LogP contribution is 2.27. The number of anilines is 1. The summed E-state index contributed by atoms with van der Waals surface area (Å²) in [5, 5.41) is 0.607. The molecule has 0 aliphatic rings. The molecule has 18 heavy (non-hydrogen) atoms. The summed E-state index contributed by atoms with van der Waals surface area (Å²) in [6.07, 6.45) is 3.52. The summed E-state index contributed by atoms with van der Waals surface area (Å²) in [7, 11) is 1.95. The highest BCUT2D eigenvalue weighted by atomic mass is 35.5. The second kappa shape index (κ2) is 3.99. The van der Waals surface area contributed by atoms with Crippen molar-refractivity contribution >= 4 is 28.3 Å². The van der Waals surface area contributed by atoms with E-state index in [-0.39, 0.29) is 0 Å². The third-order valence-corrected chi connectivity index (χ3v) is 3.08. The van der Waals surface area contributed by atoms with Crippen molar-refractivity contribution in [2.45, 2.75) is 0 Å². The van der Waals surface area contributed by atoms with Crippen LogP contribution in [0.1, 0.15) is 0 Å². The van der Waals surface area contributed by atoms with Gasteiger partial charge in [-0.05, 0) is 24.3 Å². The highest BCUT2D eigenvalue weighted by molar-refractivity contribution is 6.31. The minimum absolute atomic E-state index is 0.607. The van der Waals surface area contributed by atoms with E-state index in [0.29, 0.717) is 10.7 Å². The van der Waals surface area contributed by atoms with Crippen LogP contribution in [0.5, 0.6) is 0 Å². The van der Waals surface area contributed by atoms with Gasteiger partial charge in [0.1, 0.15) is 5.82 Å². The Bertz CT molecular complexity index is 713. The van der Waals surface area contributed by atoms with Gasteiger partial charge in [-0.3, -0.25) is 4.98 Å². The molecular formula is C13H11ClN4. The van der Waals surface area contributed by atoms with E-state index in [0.717, 1.165) is 22.4 Å². The van der Waals surface area contributed by atoms with Crippen molar-refractivity contribution in [1.29, 1.82) is 0 Å². The van der Waals surface area contributed by atoms with Gasteiger partial charge < -0.3 is 10.3 Å². The van der Waals surface area contributed by atoms with E-state index < -0.39 is 0 Å². The number of nitrogens with two attached hydrogens (primary N) is 1. The lowest BCUT2D eigenvalue weighted by Crippen LogP contribution is -1.94. The van der Waals surface area contributed by atoms with E-state index in [9.17, 15) is 0 Å². The summed E-state index contributed by atoms with van der Waals surface area (Å²) >= 11 is 6.02. The summed E-state index contributed by atoms with van der Waals surface area (Å²) in [6.45, 7) is 0. The molecule has 2 N–H and O–H groups in total. The second-order valence-corrected chi connectivity index (χ2v) is 4.57. The predicted octanol–water partition coefficient (Wildman–Crippen LogP) is 2.87. The predicted molar refractivity (Wildman–Crippen MR) is 73.4 cm³/mol. The molecule has 2 aromatic heterocycles. The van der Waals surface area contributed by atoms with Crippen LogP contribution in [0.15, 0.2) is 36.7 Å². The summed E-state index contributed by atoms with van der Waals surface area (Å²) < 4.78 is 1.98. The number of aryl methyl sites for hydroxylation is 1. The number of aromatic nitrogens is 3. The SMILES string of the molecule is Cn1c(-c2cc(N)cc(Cl)c2)nc2ccncc21. The normalized spacial score (nSPS) is 11.0. The topological polar surface area (TPSA) is 56.7 Å². The fourth-order valence-electron chi connectivity index (χ4n) is 2.03. The van der Waals surface area contributed by atoms with E-state index in [4.69, 9.17) is 17.3 Å². The van der Waals surface area contributed by atoms with E-state index in [1.165, 1.54) is 0 Å². The van der Waals surface area contributed by atoms with Crippen molar-refractivity contribution in [2.24, 2.45) is 7.05 Å². The quantitative estimate of drug-likeness (QED) is 0.683. The maximum Gasteiger partial charge on any atom is 0.141 e. The molecule has 0 amide bonds. The summed E-state index contributed by atoms with van der Waals surface area (Å²) in [4.78, 5) is 8.68. The molecule has 4 nitrogen and oxygen atoms in total. The minimum Gasteiger partial charge on any atom is -0.399 e. The Morgan fingerprint density at radius 1 is 1.28 bits per heavy atom. The van der Waals surface area contributed by atoms with Crippen LogP contribution < -0.4 is 5.73 Å². The van der Waals surface area contributed by atoms with Crippen LogP contribution in [0.25, 0.3) is 22.4 Å². The molecule has 5 heteroatoms. The molecule has 3 aromatic rings. The monoisotopic (exact) mass is 258 g/mol. The van der Waals surface area contributed by atoms with E-state index in [2.05, 4.69) is 9.97 Å². The number of hydrogen-bond acceptors (Lipinski definition) is 3. The first-order valence-electron chi connectivity index (χ1n) is 5.48. The summed E-state index contributed by atoms with van der Waals surface area (Å²) in [5.41, 5.74) is 9.22. The third kappa shape index (κ3) is 1.71. The molecular weight excluding hydrogens is 248 g/mol. The van der Waals surface area contributed by atoms with Gasteiger partial charge in [-0.25, -0.2) is 4.98 Å². The van der Waals surface area contributed by atoms with Gasteiger partial charge in [0.2, 0.25) is 0 Å². The van der Waals surface area contributed by atoms with Crippen molar-refractivity contribution in [3.05, 3.63) is 41.7 Å². The number of rotatable bonds is 1. The largest absolute Gasteiger partial charge is 0.399 e.